The number of imide groups is 1. The molecule has 7 heteroatoms. The lowest BCUT2D eigenvalue weighted by atomic mass is 9.86. The summed E-state index contributed by atoms with van der Waals surface area (Å²) in [5.74, 6) is -1.47. The van der Waals surface area contributed by atoms with Crippen LogP contribution in [0.2, 0.25) is 0 Å². The Bertz CT molecular complexity index is 337. The summed E-state index contributed by atoms with van der Waals surface area (Å²) >= 11 is 0. The summed E-state index contributed by atoms with van der Waals surface area (Å²) in [6.07, 6.45) is 1.94. The Balaban J connectivity index is 2.18. The van der Waals surface area contributed by atoms with E-state index in [9.17, 15) is 14.4 Å². The molecule has 3 N–H and O–H groups in total. The minimum absolute atomic E-state index is 0.0290. The van der Waals surface area contributed by atoms with Crippen LogP contribution < -0.4 is 10.6 Å². The van der Waals surface area contributed by atoms with Crippen molar-refractivity contribution in [1.82, 2.24) is 10.6 Å². The van der Waals surface area contributed by atoms with Gasteiger partial charge in [0.1, 0.15) is 0 Å². The predicted molar refractivity (Wildman–Crippen MR) is 66.5 cm³/mol. The van der Waals surface area contributed by atoms with Gasteiger partial charge >= 0.3 is 12.1 Å². The van der Waals surface area contributed by atoms with E-state index in [1.807, 2.05) is 0 Å². The molecule has 0 bridgehead atoms. The number of carboxylic acids is 1. The Kier molecular flexibility index (Phi) is 6.27. The molecular formula is C12H20N2O5. The van der Waals surface area contributed by atoms with Gasteiger partial charge in [-0.1, -0.05) is 0 Å². The molecule has 1 saturated carbocycles. The van der Waals surface area contributed by atoms with Gasteiger partial charge in [0.05, 0.1) is 19.1 Å². The van der Waals surface area contributed by atoms with Crippen LogP contribution in [-0.2, 0) is 14.3 Å². The third-order valence-electron chi connectivity index (χ3n) is 3.14. The highest BCUT2D eigenvalue weighted by Gasteiger charge is 2.25. The highest BCUT2D eigenvalue weighted by Crippen LogP contribution is 2.24. The van der Waals surface area contributed by atoms with E-state index in [1.54, 1.807) is 6.92 Å². The van der Waals surface area contributed by atoms with Crippen LogP contribution in [0.5, 0.6) is 0 Å². The van der Waals surface area contributed by atoms with Gasteiger partial charge in [0.25, 0.3) is 0 Å². The van der Waals surface area contributed by atoms with Crippen molar-refractivity contribution < 1.29 is 24.2 Å². The molecule has 1 aliphatic rings. The second-order valence-corrected chi connectivity index (χ2v) is 4.54. The van der Waals surface area contributed by atoms with Gasteiger partial charge in [-0.05, 0) is 32.6 Å². The molecule has 0 spiro atoms. The third kappa shape index (κ3) is 5.69. The molecule has 1 rings (SSSR count). The van der Waals surface area contributed by atoms with Crippen LogP contribution in [-0.4, -0.2) is 42.3 Å². The Labute approximate surface area is 111 Å². The van der Waals surface area contributed by atoms with Crippen molar-refractivity contribution >= 4 is 18.0 Å². The fourth-order valence-electron chi connectivity index (χ4n) is 2.11. The molecule has 0 heterocycles. The minimum Gasteiger partial charge on any atom is -0.481 e. The van der Waals surface area contributed by atoms with Gasteiger partial charge in [0.15, 0.2) is 0 Å². The molecule has 0 atom stereocenters. The zero-order chi connectivity index (χ0) is 14.3. The maximum atomic E-state index is 11.4. The number of carbonyl (C=O) groups excluding carboxylic acids is 2. The fourth-order valence-corrected chi connectivity index (χ4v) is 2.11. The topological polar surface area (TPSA) is 105 Å². The number of alkyl carbamates (subject to hydrolysis) is 1. The highest BCUT2D eigenvalue weighted by atomic mass is 16.5. The Morgan fingerprint density at radius 2 is 1.84 bits per heavy atom. The summed E-state index contributed by atoms with van der Waals surface area (Å²) in [4.78, 5) is 33.1. The zero-order valence-electron chi connectivity index (χ0n) is 11.0. The molecule has 19 heavy (non-hydrogen) atoms. The maximum absolute atomic E-state index is 11.4. The van der Waals surface area contributed by atoms with Crippen molar-refractivity contribution in [3.8, 4) is 0 Å². The van der Waals surface area contributed by atoms with E-state index < -0.39 is 18.0 Å². The first kappa shape index (κ1) is 15.4. The second-order valence-electron chi connectivity index (χ2n) is 4.54. The minimum atomic E-state index is -0.751. The molecule has 0 radical (unpaired) electrons. The van der Waals surface area contributed by atoms with E-state index >= 15 is 0 Å². The number of ether oxygens (including phenoxy) is 1. The lowest BCUT2D eigenvalue weighted by Gasteiger charge is -2.26. The molecule has 0 aliphatic heterocycles. The summed E-state index contributed by atoms with van der Waals surface area (Å²) in [7, 11) is 0. The maximum Gasteiger partial charge on any atom is 0.413 e. The van der Waals surface area contributed by atoms with Gasteiger partial charge in [-0.25, -0.2) is 4.79 Å². The zero-order valence-corrected chi connectivity index (χ0v) is 11.0. The van der Waals surface area contributed by atoms with Crippen molar-refractivity contribution in [2.45, 2.75) is 38.6 Å². The summed E-state index contributed by atoms with van der Waals surface area (Å²) in [5.41, 5.74) is 0. The number of hydrogen-bond acceptors (Lipinski definition) is 5. The molecule has 108 valence electrons. The number of nitrogens with one attached hydrogen (secondary N) is 2. The number of aliphatic carboxylic acids is 1. The molecule has 2 amide bonds. The van der Waals surface area contributed by atoms with Crippen molar-refractivity contribution in [2.75, 3.05) is 13.2 Å². The van der Waals surface area contributed by atoms with Gasteiger partial charge in [0, 0.05) is 6.04 Å². The quantitative estimate of drug-likeness (QED) is 0.673. The molecule has 0 aromatic rings. The van der Waals surface area contributed by atoms with E-state index in [0.717, 1.165) is 12.8 Å². The average molecular weight is 272 g/mol. The molecule has 0 saturated heterocycles. The fraction of sp³-hybridized carbons (Fsp3) is 0.750. The van der Waals surface area contributed by atoms with Crippen LogP contribution >= 0.6 is 0 Å². The summed E-state index contributed by atoms with van der Waals surface area (Å²) in [6, 6.07) is 0.128. The number of carboxylic acid groups (broad SMARTS) is 1. The van der Waals surface area contributed by atoms with Gasteiger partial charge < -0.3 is 15.2 Å². The average Bonchev–Trinajstić information content (AvgIpc) is 2.37. The molecule has 7 nitrogen and oxygen atoms in total. The van der Waals surface area contributed by atoms with Gasteiger partial charge in [-0.3, -0.25) is 14.9 Å². The number of rotatable bonds is 5. The lowest BCUT2D eigenvalue weighted by molar-refractivity contribution is -0.143. The monoisotopic (exact) mass is 272 g/mol. The van der Waals surface area contributed by atoms with Crippen LogP contribution in [0, 0.1) is 5.92 Å². The van der Waals surface area contributed by atoms with E-state index in [1.165, 1.54) is 0 Å². The Morgan fingerprint density at radius 3 is 2.37 bits per heavy atom. The van der Waals surface area contributed by atoms with Crippen molar-refractivity contribution in [3.63, 3.8) is 0 Å². The molecule has 1 fully saturated rings. The molecule has 0 aromatic carbocycles. The Morgan fingerprint density at radius 1 is 1.21 bits per heavy atom. The second kappa shape index (κ2) is 7.73. The Hall–Kier alpha value is -1.63. The van der Waals surface area contributed by atoms with Crippen LogP contribution in [0.25, 0.3) is 0 Å². The molecular weight excluding hydrogens is 252 g/mol. The number of amides is 2. The third-order valence-corrected chi connectivity index (χ3v) is 3.14. The lowest BCUT2D eigenvalue weighted by Crippen LogP contribution is -2.43. The van der Waals surface area contributed by atoms with Crippen molar-refractivity contribution in [1.29, 1.82) is 0 Å². The van der Waals surface area contributed by atoms with Crippen molar-refractivity contribution in [3.05, 3.63) is 0 Å². The van der Waals surface area contributed by atoms with Crippen LogP contribution in [0.1, 0.15) is 32.6 Å². The van der Waals surface area contributed by atoms with Crippen LogP contribution in [0.4, 0.5) is 4.79 Å². The van der Waals surface area contributed by atoms with Crippen LogP contribution in [0.15, 0.2) is 0 Å². The van der Waals surface area contributed by atoms with Gasteiger partial charge in [-0.2, -0.15) is 0 Å². The summed E-state index contributed by atoms with van der Waals surface area (Å²) < 4.78 is 4.58. The summed E-state index contributed by atoms with van der Waals surface area (Å²) in [6.45, 7) is 1.90. The largest absolute Gasteiger partial charge is 0.481 e. The predicted octanol–water partition coefficient (Wildman–Crippen LogP) is 0.492. The molecule has 0 unspecified atom stereocenters. The van der Waals surface area contributed by atoms with E-state index in [2.05, 4.69) is 15.4 Å². The first-order valence-corrected chi connectivity index (χ1v) is 6.45. The number of carbonyl (C=O) groups is 3. The van der Waals surface area contributed by atoms with E-state index in [0.29, 0.717) is 12.8 Å². The standard InChI is InChI=1S/C12H20N2O5/c1-2-19-12(18)14-10(15)7-13-9-5-3-8(4-6-9)11(16)17/h8-9,13H,2-7H2,1H3,(H,16,17)(H,14,15,18). The van der Waals surface area contributed by atoms with Gasteiger partial charge in [0.2, 0.25) is 5.91 Å². The smallest absolute Gasteiger partial charge is 0.413 e. The number of hydrogen-bond donors (Lipinski definition) is 3. The SMILES string of the molecule is CCOC(=O)NC(=O)CNC1CCC(C(=O)O)CC1. The van der Waals surface area contributed by atoms with Crippen LogP contribution in [0.3, 0.4) is 0 Å². The normalized spacial score (nSPS) is 22.6. The molecule has 1 aliphatic carbocycles. The summed E-state index contributed by atoms with van der Waals surface area (Å²) in [5, 5.41) is 14.0. The van der Waals surface area contributed by atoms with E-state index in [-0.39, 0.29) is 25.1 Å². The molecule has 0 aromatic heterocycles. The van der Waals surface area contributed by atoms with Gasteiger partial charge in [-0.15, -0.1) is 0 Å². The first-order valence-electron chi connectivity index (χ1n) is 6.45. The highest BCUT2D eigenvalue weighted by molar-refractivity contribution is 5.92. The first-order chi connectivity index (χ1) is 9.02. The van der Waals surface area contributed by atoms with Crippen molar-refractivity contribution in [2.24, 2.45) is 5.92 Å². The van der Waals surface area contributed by atoms with E-state index in [4.69, 9.17) is 5.11 Å².